The van der Waals surface area contributed by atoms with Crippen LogP contribution in [0.3, 0.4) is 0 Å². The largest absolute Gasteiger partial charge is 0.504 e. The Hall–Kier alpha value is -5.70. The molecular weight excluding hydrogens is 540 g/mol. The van der Waals surface area contributed by atoms with Crippen molar-refractivity contribution in [1.29, 1.82) is 0 Å². The van der Waals surface area contributed by atoms with Gasteiger partial charge in [0.15, 0.2) is 33.9 Å². The minimum Gasteiger partial charge on any atom is -0.504 e. The molecule has 0 unspecified atom stereocenters. The van der Waals surface area contributed by atoms with Crippen LogP contribution < -0.4 is 25.1 Å². The average molecular weight is 567 g/mol. The van der Waals surface area contributed by atoms with E-state index < -0.39 is 5.43 Å². The third-order valence-corrected chi connectivity index (χ3v) is 6.49. The van der Waals surface area contributed by atoms with Gasteiger partial charge in [-0.15, -0.1) is 0 Å². The Morgan fingerprint density at radius 1 is 0.595 bits per heavy atom. The van der Waals surface area contributed by atoms with E-state index in [0.29, 0.717) is 28.0 Å². The third kappa shape index (κ3) is 5.35. The van der Waals surface area contributed by atoms with Crippen LogP contribution in [-0.2, 0) is 0 Å². The van der Waals surface area contributed by atoms with Gasteiger partial charge in [0.1, 0.15) is 28.1 Å². The van der Waals surface area contributed by atoms with Crippen LogP contribution in [0.1, 0.15) is 0 Å². The molecule has 212 valence electrons. The van der Waals surface area contributed by atoms with Crippen molar-refractivity contribution in [2.45, 2.75) is 0 Å². The van der Waals surface area contributed by atoms with E-state index in [1.165, 1.54) is 45.6 Å². The fourth-order valence-corrected chi connectivity index (χ4v) is 4.44. The maximum Gasteiger partial charge on any atom is 0.204 e. The molecule has 6 aromatic rings. The predicted octanol–water partition coefficient (Wildman–Crippen LogP) is 6.36. The maximum absolute atomic E-state index is 12.5. The van der Waals surface area contributed by atoms with Crippen LogP contribution in [0.25, 0.3) is 44.6 Å². The maximum atomic E-state index is 12.5. The Labute approximate surface area is 239 Å². The molecule has 42 heavy (non-hydrogen) atoms. The fraction of sp³-hybridized carbons (Fsp3) is 0.0909. The highest BCUT2D eigenvalue weighted by atomic mass is 16.5. The van der Waals surface area contributed by atoms with Crippen LogP contribution >= 0.6 is 0 Å². The Morgan fingerprint density at radius 2 is 1.24 bits per heavy atom. The Morgan fingerprint density at radius 3 is 1.93 bits per heavy atom. The smallest absolute Gasteiger partial charge is 0.204 e. The number of fused-ring (bicyclic) bond motifs is 2. The first kappa shape index (κ1) is 27.9. The number of benzene rings is 4. The first-order chi connectivity index (χ1) is 20.3. The van der Waals surface area contributed by atoms with Crippen LogP contribution in [-0.4, -0.2) is 31.5 Å². The van der Waals surface area contributed by atoms with E-state index in [-0.39, 0.29) is 45.2 Å². The number of para-hydroxylation sites is 1. The molecule has 4 aromatic carbocycles. The van der Waals surface area contributed by atoms with Gasteiger partial charge >= 0.3 is 0 Å². The number of phenolic OH excluding ortho intramolecular Hbond substituents is 2. The van der Waals surface area contributed by atoms with Gasteiger partial charge in [0.2, 0.25) is 5.75 Å². The van der Waals surface area contributed by atoms with Gasteiger partial charge in [-0.05, 0) is 30.3 Å². The van der Waals surface area contributed by atoms with Crippen LogP contribution in [0.4, 0.5) is 0 Å². The molecule has 0 aliphatic carbocycles. The molecule has 2 aromatic heterocycles. The number of rotatable bonds is 5. The van der Waals surface area contributed by atoms with Gasteiger partial charge in [0.25, 0.3) is 0 Å². The normalized spacial score (nSPS) is 10.6. The van der Waals surface area contributed by atoms with Gasteiger partial charge in [0.05, 0.1) is 26.7 Å². The molecule has 9 heteroatoms. The molecule has 0 spiro atoms. The topological polar surface area (TPSA) is 129 Å². The van der Waals surface area contributed by atoms with Crippen LogP contribution in [0, 0.1) is 0 Å². The summed E-state index contributed by atoms with van der Waals surface area (Å²) in [6.45, 7) is 0. The summed E-state index contributed by atoms with van der Waals surface area (Å²) in [5, 5.41) is 20.8. The zero-order valence-corrected chi connectivity index (χ0v) is 22.9. The molecule has 0 atom stereocenters. The fourth-order valence-electron chi connectivity index (χ4n) is 4.44. The third-order valence-electron chi connectivity index (χ3n) is 6.49. The Kier molecular flexibility index (Phi) is 7.83. The SMILES string of the molecule is COc1ccc(-c2cc(=O)c3c(O)c(OC)c(OC)cc3o2)cc1O.O=c1cc(-c2ccccc2)oc2ccccc12. The second kappa shape index (κ2) is 11.8. The highest BCUT2D eigenvalue weighted by Gasteiger charge is 2.19. The molecule has 9 nitrogen and oxygen atoms in total. The van der Waals surface area contributed by atoms with Gasteiger partial charge in [-0.2, -0.15) is 0 Å². The van der Waals surface area contributed by atoms with Crippen molar-refractivity contribution in [2.75, 3.05) is 21.3 Å². The summed E-state index contributed by atoms with van der Waals surface area (Å²) in [6.07, 6.45) is 0. The molecule has 0 bridgehead atoms. The zero-order valence-electron chi connectivity index (χ0n) is 22.9. The van der Waals surface area contributed by atoms with Crippen LogP contribution in [0.5, 0.6) is 28.7 Å². The average Bonchev–Trinajstić information content (AvgIpc) is 3.01. The second-order valence-corrected chi connectivity index (χ2v) is 9.03. The number of ether oxygens (including phenoxy) is 3. The molecule has 0 radical (unpaired) electrons. The molecule has 0 saturated heterocycles. The Balaban J connectivity index is 0.000000180. The van der Waals surface area contributed by atoms with Gasteiger partial charge in [-0.1, -0.05) is 42.5 Å². The molecule has 0 aliphatic rings. The number of phenols is 2. The van der Waals surface area contributed by atoms with Gasteiger partial charge < -0.3 is 33.3 Å². The number of hydrogen-bond donors (Lipinski definition) is 2. The Bertz CT molecular complexity index is 2010. The lowest BCUT2D eigenvalue weighted by atomic mass is 10.1. The van der Waals surface area contributed by atoms with E-state index in [4.69, 9.17) is 23.0 Å². The lowest BCUT2D eigenvalue weighted by Gasteiger charge is -2.12. The minimum atomic E-state index is -0.454. The van der Waals surface area contributed by atoms with Crippen LogP contribution in [0.2, 0.25) is 0 Å². The lowest BCUT2D eigenvalue weighted by Crippen LogP contribution is -2.03. The van der Waals surface area contributed by atoms with E-state index in [2.05, 4.69) is 0 Å². The molecule has 0 saturated carbocycles. The van der Waals surface area contributed by atoms with E-state index in [9.17, 15) is 19.8 Å². The van der Waals surface area contributed by atoms with Crippen LogP contribution in [0.15, 0.2) is 109 Å². The monoisotopic (exact) mass is 566 g/mol. The summed E-state index contributed by atoms with van der Waals surface area (Å²) in [7, 11) is 4.21. The van der Waals surface area contributed by atoms with Crippen molar-refractivity contribution in [3.63, 3.8) is 0 Å². The highest BCUT2D eigenvalue weighted by Crippen LogP contribution is 2.42. The number of aromatic hydroxyl groups is 2. The molecule has 2 heterocycles. The molecule has 2 N–H and O–H groups in total. The predicted molar refractivity (Wildman–Crippen MR) is 159 cm³/mol. The summed E-state index contributed by atoms with van der Waals surface area (Å²) in [5.41, 5.74) is 1.68. The summed E-state index contributed by atoms with van der Waals surface area (Å²) in [4.78, 5) is 24.4. The van der Waals surface area contributed by atoms with Gasteiger partial charge in [-0.3, -0.25) is 9.59 Å². The summed E-state index contributed by atoms with van der Waals surface area (Å²) >= 11 is 0. The minimum absolute atomic E-state index is 0.00861. The molecular formula is C33H26O9. The van der Waals surface area contributed by atoms with Crippen molar-refractivity contribution in [3.05, 3.63) is 111 Å². The first-order valence-electron chi connectivity index (χ1n) is 12.7. The number of hydrogen-bond acceptors (Lipinski definition) is 9. The van der Waals surface area contributed by atoms with Crippen molar-refractivity contribution >= 4 is 21.9 Å². The van der Waals surface area contributed by atoms with Crippen molar-refractivity contribution in [2.24, 2.45) is 0 Å². The van der Waals surface area contributed by atoms with Crippen molar-refractivity contribution < 1.29 is 33.3 Å². The van der Waals surface area contributed by atoms with E-state index in [1.54, 1.807) is 18.2 Å². The second-order valence-electron chi connectivity index (χ2n) is 9.03. The van der Waals surface area contributed by atoms with Gasteiger partial charge in [0, 0.05) is 29.3 Å². The quantitative estimate of drug-likeness (QED) is 0.245. The highest BCUT2D eigenvalue weighted by molar-refractivity contribution is 5.89. The van der Waals surface area contributed by atoms with Gasteiger partial charge in [-0.25, -0.2) is 0 Å². The van der Waals surface area contributed by atoms with Crippen molar-refractivity contribution in [3.8, 4) is 51.4 Å². The zero-order chi connectivity index (χ0) is 29.8. The first-order valence-corrected chi connectivity index (χ1v) is 12.7. The summed E-state index contributed by atoms with van der Waals surface area (Å²) in [5.74, 6) is 0.975. The van der Waals surface area contributed by atoms with Crippen molar-refractivity contribution in [1.82, 2.24) is 0 Å². The van der Waals surface area contributed by atoms with E-state index in [0.717, 1.165) is 5.56 Å². The lowest BCUT2D eigenvalue weighted by molar-refractivity contribution is 0.334. The number of methoxy groups -OCH3 is 3. The van der Waals surface area contributed by atoms with E-state index >= 15 is 0 Å². The molecule has 0 aliphatic heterocycles. The summed E-state index contributed by atoms with van der Waals surface area (Å²) in [6, 6.07) is 25.8. The molecule has 0 amide bonds. The standard InChI is InChI=1S/C18H16O7.C15H10O2/c1-22-12-5-4-9(6-10(12)19)13-7-11(20)16-14(25-13)8-15(23-2)18(24-3)17(16)21;16-13-10-15(11-6-2-1-3-7-11)17-14-9-5-4-8-12(13)14/h4-8,19,21H,1-3H3;1-10H. The summed E-state index contributed by atoms with van der Waals surface area (Å²) < 4.78 is 26.7. The molecule has 0 fully saturated rings. The molecule has 6 rings (SSSR count). The van der Waals surface area contributed by atoms with E-state index in [1.807, 2.05) is 48.5 Å².